The first-order chi connectivity index (χ1) is 12.7. The molecule has 1 unspecified atom stereocenters. The number of nitrogens with one attached hydrogen (secondary N) is 2. The molecule has 4 N–H and O–H groups in total. The van der Waals surface area contributed by atoms with Gasteiger partial charge in [0.2, 0.25) is 5.91 Å². The van der Waals surface area contributed by atoms with Crippen molar-refractivity contribution >= 4 is 16.8 Å². The molecule has 6 heteroatoms. The number of H-pyrrole nitrogens is 1. The van der Waals surface area contributed by atoms with E-state index in [1.54, 1.807) is 0 Å². The van der Waals surface area contributed by atoms with Crippen LogP contribution in [0.2, 0.25) is 0 Å². The summed E-state index contributed by atoms with van der Waals surface area (Å²) >= 11 is 0. The first-order valence-electron chi connectivity index (χ1n) is 9.13. The van der Waals surface area contributed by atoms with Crippen molar-refractivity contribution in [1.29, 1.82) is 0 Å². The summed E-state index contributed by atoms with van der Waals surface area (Å²) < 4.78 is 0. The van der Waals surface area contributed by atoms with Crippen LogP contribution in [0, 0.1) is 0 Å². The maximum Gasteiger partial charge on any atom is 0.237 e. The van der Waals surface area contributed by atoms with Gasteiger partial charge >= 0.3 is 0 Å². The number of rotatable bonds is 5. The Morgan fingerprint density at radius 2 is 2.08 bits per heavy atom. The van der Waals surface area contributed by atoms with E-state index in [9.17, 15) is 4.79 Å². The highest BCUT2D eigenvalue weighted by Crippen LogP contribution is 2.23. The molecule has 0 saturated carbocycles. The Morgan fingerprint density at radius 3 is 3.00 bits per heavy atom. The van der Waals surface area contributed by atoms with E-state index in [0.29, 0.717) is 13.0 Å². The number of hydrogen-bond donors (Lipinski definition) is 3. The van der Waals surface area contributed by atoms with Gasteiger partial charge in [0.1, 0.15) is 0 Å². The zero-order chi connectivity index (χ0) is 17.9. The molecule has 1 atom stereocenters. The van der Waals surface area contributed by atoms with Crippen molar-refractivity contribution in [2.24, 2.45) is 5.73 Å². The number of aromatic nitrogens is 3. The summed E-state index contributed by atoms with van der Waals surface area (Å²) in [6, 6.07) is 9.28. The van der Waals surface area contributed by atoms with E-state index in [4.69, 9.17) is 5.73 Å². The summed E-state index contributed by atoms with van der Waals surface area (Å²) in [7, 11) is 0. The number of nitrogens with two attached hydrogens (primary N) is 1. The maximum absolute atomic E-state index is 12.4. The van der Waals surface area contributed by atoms with Crippen LogP contribution in [-0.4, -0.2) is 27.1 Å². The first-order valence-corrected chi connectivity index (χ1v) is 9.13. The third-order valence-electron chi connectivity index (χ3n) is 5.10. The number of carbonyl (C=O) groups excluding carboxylic acids is 1. The summed E-state index contributed by atoms with van der Waals surface area (Å²) in [6.07, 6.45) is 6.82. The molecule has 3 aromatic rings. The fourth-order valence-corrected chi connectivity index (χ4v) is 3.67. The van der Waals surface area contributed by atoms with Crippen LogP contribution in [0.1, 0.15) is 35.4 Å². The number of aryl methyl sites for hydroxylation is 1. The summed E-state index contributed by atoms with van der Waals surface area (Å²) in [5, 5.41) is 11.2. The number of nitrogens with zero attached hydrogens (tertiary/aromatic N) is 2. The second-order valence-corrected chi connectivity index (χ2v) is 6.85. The molecule has 0 bridgehead atoms. The number of para-hydroxylation sites is 1. The van der Waals surface area contributed by atoms with Gasteiger partial charge in [0.05, 0.1) is 23.8 Å². The average molecular weight is 349 g/mol. The molecule has 0 spiro atoms. The Labute approximate surface area is 152 Å². The van der Waals surface area contributed by atoms with Gasteiger partial charge in [-0.1, -0.05) is 18.2 Å². The SMILES string of the molecule is NC(Cc1[nH]nc2ccccc12)C(=O)NCc1nccc2c1CCCC2. The van der Waals surface area contributed by atoms with Gasteiger partial charge in [0.15, 0.2) is 0 Å². The van der Waals surface area contributed by atoms with Crippen LogP contribution in [-0.2, 0) is 30.6 Å². The zero-order valence-corrected chi connectivity index (χ0v) is 14.7. The minimum atomic E-state index is -0.626. The number of fused-ring (bicyclic) bond motifs is 2. The second kappa shape index (κ2) is 7.25. The standard InChI is InChI=1S/C20H23N5O/c21-16(11-18-15-7-3-4-8-17(15)24-25-18)20(26)23-12-19-14-6-2-1-5-13(14)9-10-22-19/h3-4,7-10,16H,1-2,5-6,11-12,21H2,(H,23,26)(H,24,25). The van der Waals surface area contributed by atoms with Gasteiger partial charge in [0, 0.05) is 23.7 Å². The van der Waals surface area contributed by atoms with Crippen molar-refractivity contribution in [3.63, 3.8) is 0 Å². The number of pyridine rings is 1. The summed E-state index contributed by atoms with van der Waals surface area (Å²) in [5.74, 6) is -0.168. The lowest BCUT2D eigenvalue weighted by Crippen LogP contribution is -2.42. The molecule has 0 saturated heterocycles. The van der Waals surface area contributed by atoms with Gasteiger partial charge in [-0.2, -0.15) is 5.10 Å². The molecule has 134 valence electrons. The molecule has 1 amide bonds. The molecular weight excluding hydrogens is 326 g/mol. The Kier molecular flexibility index (Phi) is 4.67. The quantitative estimate of drug-likeness (QED) is 0.656. The smallest absolute Gasteiger partial charge is 0.237 e. The van der Waals surface area contributed by atoms with Crippen molar-refractivity contribution in [2.75, 3.05) is 0 Å². The third kappa shape index (κ3) is 3.32. The number of amides is 1. The minimum absolute atomic E-state index is 0.168. The van der Waals surface area contributed by atoms with E-state index in [1.807, 2.05) is 30.5 Å². The molecule has 1 aliphatic carbocycles. The highest BCUT2D eigenvalue weighted by atomic mass is 16.2. The van der Waals surface area contributed by atoms with Crippen LogP contribution in [0.3, 0.4) is 0 Å². The molecule has 0 radical (unpaired) electrons. The molecule has 2 heterocycles. The molecular formula is C20H23N5O. The van der Waals surface area contributed by atoms with Gasteiger partial charge in [-0.25, -0.2) is 0 Å². The van der Waals surface area contributed by atoms with E-state index >= 15 is 0 Å². The van der Waals surface area contributed by atoms with Crippen molar-refractivity contribution < 1.29 is 4.79 Å². The van der Waals surface area contributed by atoms with Gasteiger partial charge in [-0.3, -0.25) is 14.9 Å². The van der Waals surface area contributed by atoms with Gasteiger partial charge in [-0.05, 0) is 48.9 Å². The van der Waals surface area contributed by atoms with Gasteiger partial charge in [-0.15, -0.1) is 0 Å². The van der Waals surface area contributed by atoms with Crippen molar-refractivity contribution in [2.45, 2.75) is 44.7 Å². The van der Waals surface area contributed by atoms with E-state index in [0.717, 1.165) is 35.1 Å². The zero-order valence-electron chi connectivity index (χ0n) is 14.7. The van der Waals surface area contributed by atoms with Crippen LogP contribution in [0.5, 0.6) is 0 Å². The van der Waals surface area contributed by atoms with E-state index in [-0.39, 0.29) is 5.91 Å². The average Bonchev–Trinajstić information content (AvgIpc) is 3.09. The van der Waals surface area contributed by atoms with Crippen LogP contribution in [0.4, 0.5) is 0 Å². The van der Waals surface area contributed by atoms with Crippen molar-refractivity contribution in [3.05, 3.63) is 59.0 Å². The molecule has 6 nitrogen and oxygen atoms in total. The topological polar surface area (TPSA) is 96.7 Å². The van der Waals surface area contributed by atoms with E-state index < -0.39 is 6.04 Å². The summed E-state index contributed by atoms with van der Waals surface area (Å²) in [5.41, 5.74) is 11.5. The monoisotopic (exact) mass is 349 g/mol. The van der Waals surface area contributed by atoms with Crippen molar-refractivity contribution in [3.8, 4) is 0 Å². The van der Waals surface area contributed by atoms with E-state index in [2.05, 4.69) is 26.6 Å². The van der Waals surface area contributed by atoms with Crippen LogP contribution >= 0.6 is 0 Å². The lowest BCUT2D eigenvalue weighted by atomic mass is 9.91. The fourth-order valence-electron chi connectivity index (χ4n) is 3.67. The highest BCUT2D eigenvalue weighted by molar-refractivity contribution is 5.84. The predicted octanol–water partition coefficient (Wildman–Crippen LogP) is 2.02. The van der Waals surface area contributed by atoms with Crippen molar-refractivity contribution in [1.82, 2.24) is 20.5 Å². The summed E-state index contributed by atoms with van der Waals surface area (Å²) in [4.78, 5) is 16.9. The highest BCUT2D eigenvalue weighted by Gasteiger charge is 2.19. The molecule has 26 heavy (non-hydrogen) atoms. The second-order valence-electron chi connectivity index (χ2n) is 6.85. The van der Waals surface area contributed by atoms with Crippen LogP contribution in [0.15, 0.2) is 36.5 Å². The molecule has 0 fully saturated rings. The Bertz CT molecular complexity index is 933. The predicted molar refractivity (Wildman–Crippen MR) is 100 cm³/mol. The number of aromatic amines is 1. The third-order valence-corrected chi connectivity index (χ3v) is 5.10. The Morgan fingerprint density at radius 1 is 1.23 bits per heavy atom. The lowest BCUT2D eigenvalue weighted by molar-refractivity contribution is -0.122. The van der Waals surface area contributed by atoms with Crippen LogP contribution < -0.4 is 11.1 Å². The first kappa shape index (κ1) is 16.7. The number of hydrogen-bond acceptors (Lipinski definition) is 4. The van der Waals surface area contributed by atoms with Gasteiger partial charge in [0.25, 0.3) is 0 Å². The summed E-state index contributed by atoms with van der Waals surface area (Å²) in [6.45, 7) is 0.430. The molecule has 1 aromatic carbocycles. The fraction of sp³-hybridized carbons (Fsp3) is 0.350. The number of carbonyl (C=O) groups is 1. The minimum Gasteiger partial charge on any atom is -0.349 e. The molecule has 1 aliphatic rings. The van der Waals surface area contributed by atoms with Gasteiger partial charge < -0.3 is 11.1 Å². The molecule has 2 aromatic heterocycles. The van der Waals surface area contributed by atoms with Crippen LogP contribution in [0.25, 0.3) is 10.9 Å². The normalized spacial score (nSPS) is 14.8. The Hall–Kier alpha value is -2.73. The number of benzene rings is 1. The molecule has 4 rings (SSSR count). The molecule has 0 aliphatic heterocycles. The Balaban J connectivity index is 1.41. The largest absolute Gasteiger partial charge is 0.349 e. The lowest BCUT2D eigenvalue weighted by Gasteiger charge is -2.19. The maximum atomic E-state index is 12.4. The van der Waals surface area contributed by atoms with E-state index in [1.165, 1.54) is 24.0 Å².